The molecule has 1 aliphatic rings. The molecule has 0 N–H and O–H groups in total. The lowest BCUT2D eigenvalue weighted by atomic mass is 10.1. The number of hydrogen-bond acceptors (Lipinski definition) is 7. The first-order valence-corrected chi connectivity index (χ1v) is 9.56. The molecule has 0 fully saturated rings. The van der Waals surface area contributed by atoms with Crippen LogP contribution in [0.5, 0.6) is 11.5 Å². The molecule has 0 radical (unpaired) electrons. The van der Waals surface area contributed by atoms with Crippen molar-refractivity contribution in [2.45, 2.75) is 13.0 Å². The number of aromatic nitrogens is 4. The average molecular weight is 381 g/mol. The van der Waals surface area contributed by atoms with Gasteiger partial charge in [-0.2, -0.15) is 0 Å². The Balaban J connectivity index is 1.69. The van der Waals surface area contributed by atoms with E-state index < -0.39 is 0 Å². The largest absolute Gasteiger partial charge is 0.493 e. The fourth-order valence-corrected chi connectivity index (χ4v) is 4.88. The van der Waals surface area contributed by atoms with Crippen LogP contribution in [0.15, 0.2) is 24.5 Å². The van der Waals surface area contributed by atoms with Gasteiger partial charge in [-0.3, -0.25) is 0 Å². The summed E-state index contributed by atoms with van der Waals surface area (Å²) in [5, 5.41) is 5.79. The molecule has 1 aromatic carbocycles. The van der Waals surface area contributed by atoms with Crippen LogP contribution in [-0.4, -0.2) is 52.3 Å². The Bertz CT molecular complexity index is 1170. The van der Waals surface area contributed by atoms with Gasteiger partial charge in [0.2, 0.25) is 0 Å². The summed E-state index contributed by atoms with van der Waals surface area (Å²) in [6.07, 6.45) is 2.77. The maximum atomic E-state index is 5.41. The zero-order valence-corrected chi connectivity index (χ0v) is 16.2. The van der Waals surface area contributed by atoms with Gasteiger partial charge in [-0.25, -0.2) is 14.5 Å². The number of fused-ring (bicyclic) bond motifs is 5. The number of rotatable bonds is 3. The minimum Gasteiger partial charge on any atom is -0.493 e. The van der Waals surface area contributed by atoms with Crippen LogP contribution in [0.2, 0.25) is 0 Å². The maximum Gasteiger partial charge on any atom is 0.182 e. The molecule has 4 aromatic rings. The van der Waals surface area contributed by atoms with Crippen molar-refractivity contribution in [1.29, 1.82) is 0 Å². The third-order valence-electron chi connectivity index (χ3n) is 5.01. The van der Waals surface area contributed by atoms with E-state index in [0.717, 1.165) is 40.9 Å². The Morgan fingerprint density at radius 2 is 2.00 bits per heavy atom. The molecule has 0 aliphatic carbocycles. The quantitative estimate of drug-likeness (QED) is 0.544. The molecule has 0 saturated heterocycles. The van der Waals surface area contributed by atoms with Crippen LogP contribution >= 0.6 is 11.3 Å². The predicted molar refractivity (Wildman–Crippen MR) is 105 cm³/mol. The van der Waals surface area contributed by atoms with Crippen molar-refractivity contribution >= 4 is 27.2 Å². The monoisotopic (exact) mass is 381 g/mol. The van der Waals surface area contributed by atoms with Crippen LogP contribution in [0, 0.1) is 0 Å². The summed E-state index contributed by atoms with van der Waals surface area (Å²) < 4.78 is 12.5. The molecule has 3 aromatic heterocycles. The van der Waals surface area contributed by atoms with Crippen molar-refractivity contribution in [2.75, 3.05) is 27.8 Å². The number of benzene rings is 1. The number of methoxy groups -OCH3 is 2. The summed E-state index contributed by atoms with van der Waals surface area (Å²) in [5.41, 5.74) is 3.12. The van der Waals surface area contributed by atoms with Crippen molar-refractivity contribution in [3.63, 3.8) is 0 Å². The van der Waals surface area contributed by atoms with Crippen molar-refractivity contribution < 1.29 is 9.47 Å². The number of hydrogen-bond donors (Lipinski definition) is 0. The SMILES string of the molecule is COc1ccc(-c2nc3c4c5c(sc4ncn3n2)CN(C)CC5)cc1OC. The van der Waals surface area contributed by atoms with Gasteiger partial charge >= 0.3 is 0 Å². The second-order valence-corrected chi connectivity index (χ2v) is 7.77. The molecule has 4 heterocycles. The highest BCUT2D eigenvalue weighted by atomic mass is 32.1. The zero-order chi connectivity index (χ0) is 18.5. The Kier molecular flexibility index (Phi) is 3.76. The highest BCUT2D eigenvalue weighted by Crippen LogP contribution is 2.36. The summed E-state index contributed by atoms with van der Waals surface area (Å²) >= 11 is 1.76. The first kappa shape index (κ1) is 16.5. The van der Waals surface area contributed by atoms with Crippen LogP contribution in [-0.2, 0) is 13.0 Å². The lowest BCUT2D eigenvalue weighted by Crippen LogP contribution is -2.25. The predicted octanol–water partition coefficient (Wildman–Crippen LogP) is 3.01. The zero-order valence-electron chi connectivity index (χ0n) is 15.4. The number of nitrogens with zero attached hydrogens (tertiary/aromatic N) is 5. The molecule has 8 heteroatoms. The Morgan fingerprint density at radius 3 is 2.81 bits per heavy atom. The molecule has 5 rings (SSSR count). The topological polar surface area (TPSA) is 64.8 Å². The van der Waals surface area contributed by atoms with Crippen LogP contribution in [0.4, 0.5) is 0 Å². The summed E-state index contributed by atoms with van der Waals surface area (Å²) in [5.74, 6) is 2.00. The van der Waals surface area contributed by atoms with E-state index in [4.69, 9.17) is 14.5 Å². The molecule has 0 saturated carbocycles. The van der Waals surface area contributed by atoms with Crippen LogP contribution < -0.4 is 9.47 Å². The molecule has 1 aliphatic heterocycles. The standard InChI is InChI=1S/C19H19N5O2S/c1-23-7-6-12-15(9-23)27-19-16(12)18-21-17(22-24(18)10-20-19)11-4-5-13(25-2)14(8-11)26-3/h4-5,8,10H,6-7,9H2,1-3H3. The van der Waals surface area contributed by atoms with Gasteiger partial charge in [-0.05, 0) is 37.2 Å². The molecule has 7 nitrogen and oxygen atoms in total. The van der Waals surface area contributed by atoms with Crippen molar-refractivity contribution in [2.24, 2.45) is 0 Å². The van der Waals surface area contributed by atoms with Gasteiger partial charge < -0.3 is 14.4 Å². The third-order valence-corrected chi connectivity index (χ3v) is 6.13. The number of likely N-dealkylation sites (N-methyl/N-ethyl adjacent to an activating group) is 1. The first-order chi connectivity index (χ1) is 13.2. The summed E-state index contributed by atoms with van der Waals surface area (Å²) in [6.45, 7) is 2.02. The first-order valence-electron chi connectivity index (χ1n) is 8.74. The van der Waals surface area contributed by atoms with Crippen LogP contribution in [0.1, 0.15) is 10.4 Å². The van der Waals surface area contributed by atoms with E-state index in [-0.39, 0.29) is 0 Å². The fourth-order valence-electron chi connectivity index (χ4n) is 3.62. The maximum absolute atomic E-state index is 5.41. The van der Waals surface area contributed by atoms with Crippen molar-refractivity contribution in [3.05, 3.63) is 35.0 Å². The Labute approximate surface area is 160 Å². The van der Waals surface area contributed by atoms with E-state index in [0.29, 0.717) is 17.3 Å². The smallest absolute Gasteiger partial charge is 0.182 e. The second-order valence-electron chi connectivity index (χ2n) is 6.69. The van der Waals surface area contributed by atoms with Gasteiger partial charge in [0, 0.05) is 23.5 Å². The molecule has 138 valence electrons. The minimum atomic E-state index is 0.651. The van der Waals surface area contributed by atoms with Crippen molar-refractivity contribution in [1.82, 2.24) is 24.5 Å². The summed E-state index contributed by atoms with van der Waals surface area (Å²) in [7, 11) is 5.41. The lowest BCUT2D eigenvalue weighted by molar-refractivity contribution is 0.318. The number of ether oxygens (including phenoxy) is 2. The van der Waals surface area contributed by atoms with Gasteiger partial charge in [0.05, 0.1) is 19.6 Å². The normalized spacial score (nSPS) is 14.6. The molecule has 0 bridgehead atoms. The molecule has 0 unspecified atom stereocenters. The molecule has 0 amide bonds. The molecule has 27 heavy (non-hydrogen) atoms. The van der Waals surface area contributed by atoms with Crippen LogP contribution in [0.25, 0.3) is 27.3 Å². The third kappa shape index (κ3) is 2.55. The summed E-state index contributed by atoms with van der Waals surface area (Å²) in [4.78, 5) is 14.2. The molecule has 0 atom stereocenters. The number of thiophene rings is 1. The van der Waals surface area contributed by atoms with E-state index >= 15 is 0 Å². The van der Waals surface area contributed by atoms with Gasteiger partial charge in [-0.1, -0.05) is 0 Å². The highest BCUT2D eigenvalue weighted by molar-refractivity contribution is 7.19. The fraction of sp³-hybridized carbons (Fsp3) is 0.316. The average Bonchev–Trinajstić information content (AvgIpc) is 3.27. The van der Waals surface area contributed by atoms with Crippen molar-refractivity contribution in [3.8, 4) is 22.9 Å². The van der Waals surface area contributed by atoms with E-state index in [2.05, 4.69) is 22.0 Å². The van der Waals surface area contributed by atoms with Gasteiger partial charge in [0.1, 0.15) is 11.2 Å². The Morgan fingerprint density at radius 1 is 1.15 bits per heavy atom. The summed E-state index contributed by atoms with van der Waals surface area (Å²) in [6, 6.07) is 5.71. The molecular weight excluding hydrogens is 362 g/mol. The Hall–Kier alpha value is -2.71. The van der Waals surface area contributed by atoms with E-state index in [1.807, 2.05) is 18.2 Å². The van der Waals surface area contributed by atoms with Gasteiger partial charge in [0.15, 0.2) is 23.0 Å². The van der Waals surface area contributed by atoms with E-state index in [9.17, 15) is 0 Å². The van der Waals surface area contributed by atoms with E-state index in [1.165, 1.54) is 10.4 Å². The van der Waals surface area contributed by atoms with Crippen LogP contribution in [0.3, 0.4) is 0 Å². The van der Waals surface area contributed by atoms with Gasteiger partial charge in [0.25, 0.3) is 0 Å². The highest BCUT2D eigenvalue weighted by Gasteiger charge is 2.23. The molecular formula is C19H19N5O2S. The van der Waals surface area contributed by atoms with Gasteiger partial charge in [-0.15, -0.1) is 16.4 Å². The second kappa shape index (κ2) is 6.17. The lowest BCUT2D eigenvalue weighted by Gasteiger charge is -2.21. The van der Waals surface area contributed by atoms with E-state index in [1.54, 1.807) is 36.4 Å². The minimum absolute atomic E-state index is 0.651. The molecule has 0 spiro atoms.